The van der Waals surface area contributed by atoms with Gasteiger partial charge in [-0.3, -0.25) is 9.59 Å². The summed E-state index contributed by atoms with van der Waals surface area (Å²) in [6, 6.07) is 16.2. The number of hydrogen-bond donors (Lipinski definition) is 4. The summed E-state index contributed by atoms with van der Waals surface area (Å²) in [6.07, 6.45) is 0. The topological polar surface area (TPSA) is 106 Å². The SMILES string of the molecule is CC1=C(C(=O)Nc2ccc(Cl)cc2)C(c2ccsc2)C(C#N)=C(NCC(=O)Nc2cccc(Cl)c2C)N1. The molecular formula is C27H23Cl2N5O2S. The molecule has 0 spiro atoms. The van der Waals surface area contributed by atoms with Gasteiger partial charge in [-0.15, -0.1) is 0 Å². The third-order valence-electron chi connectivity index (χ3n) is 5.87. The Balaban J connectivity index is 1.58. The predicted octanol–water partition coefficient (Wildman–Crippen LogP) is 5.93. The first-order valence-corrected chi connectivity index (χ1v) is 13.0. The maximum Gasteiger partial charge on any atom is 0.254 e. The summed E-state index contributed by atoms with van der Waals surface area (Å²) >= 11 is 13.6. The molecule has 0 saturated heterocycles. The fourth-order valence-electron chi connectivity index (χ4n) is 4.00. The number of carbonyl (C=O) groups is 2. The summed E-state index contributed by atoms with van der Waals surface area (Å²) in [7, 11) is 0. The van der Waals surface area contributed by atoms with E-state index in [1.807, 2.05) is 23.8 Å². The molecule has 1 aromatic heterocycles. The van der Waals surface area contributed by atoms with Crippen molar-refractivity contribution in [3.8, 4) is 6.07 Å². The lowest BCUT2D eigenvalue weighted by molar-refractivity contribution is -0.115. The largest absolute Gasteiger partial charge is 0.362 e. The molecule has 2 aromatic carbocycles. The van der Waals surface area contributed by atoms with Crippen molar-refractivity contribution in [1.29, 1.82) is 5.26 Å². The molecule has 1 unspecified atom stereocenters. The van der Waals surface area contributed by atoms with Crippen molar-refractivity contribution < 1.29 is 9.59 Å². The number of benzene rings is 2. The molecule has 4 rings (SSSR count). The maximum absolute atomic E-state index is 13.4. The number of halogens is 2. The molecule has 4 N–H and O–H groups in total. The van der Waals surface area contributed by atoms with Crippen molar-refractivity contribution in [2.24, 2.45) is 0 Å². The Morgan fingerprint density at radius 3 is 2.51 bits per heavy atom. The number of dihydropyridines is 1. The molecule has 0 radical (unpaired) electrons. The Morgan fingerprint density at radius 1 is 1.08 bits per heavy atom. The van der Waals surface area contributed by atoms with Crippen LogP contribution >= 0.6 is 34.5 Å². The minimum Gasteiger partial charge on any atom is -0.362 e. The van der Waals surface area contributed by atoms with Crippen LogP contribution in [0, 0.1) is 18.3 Å². The minimum absolute atomic E-state index is 0.102. The lowest BCUT2D eigenvalue weighted by atomic mass is 9.82. The monoisotopic (exact) mass is 551 g/mol. The normalized spacial score (nSPS) is 15.1. The van der Waals surface area contributed by atoms with E-state index in [4.69, 9.17) is 23.2 Å². The molecule has 2 heterocycles. The summed E-state index contributed by atoms with van der Waals surface area (Å²) < 4.78 is 0. The molecule has 3 aromatic rings. The lowest BCUT2D eigenvalue weighted by Crippen LogP contribution is -2.39. The number of anilines is 2. The lowest BCUT2D eigenvalue weighted by Gasteiger charge is -2.30. The fourth-order valence-corrected chi connectivity index (χ4v) is 4.99. The van der Waals surface area contributed by atoms with E-state index in [0.717, 1.165) is 11.1 Å². The van der Waals surface area contributed by atoms with Crippen molar-refractivity contribution in [1.82, 2.24) is 10.6 Å². The fraction of sp³-hybridized carbons (Fsp3) is 0.148. The first kappa shape index (κ1) is 26.3. The maximum atomic E-state index is 13.4. The number of hydrogen-bond acceptors (Lipinski definition) is 6. The second-order valence-electron chi connectivity index (χ2n) is 8.33. The number of nitrogens with one attached hydrogen (secondary N) is 4. The second kappa shape index (κ2) is 11.5. The van der Waals surface area contributed by atoms with Gasteiger partial charge in [0.05, 0.1) is 24.1 Å². The zero-order valence-electron chi connectivity index (χ0n) is 20.0. The minimum atomic E-state index is -0.620. The number of nitriles is 1. The molecule has 0 fully saturated rings. The van der Waals surface area contributed by atoms with Gasteiger partial charge in [-0.2, -0.15) is 16.6 Å². The average molecular weight is 552 g/mol. The van der Waals surface area contributed by atoms with Gasteiger partial charge in [-0.25, -0.2) is 0 Å². The zero-order valence-corrected chi connectivity index (χ0v) is 22.3. The molecule has 1 atom stereocenters. The van der Waals surface area contributed by atoms with Gasteiger partial charge in [0.25, 0.3) is 5.91 Å². The van der Waals surface area contributed by atoms with Gasteiger partial charge < -0.3 is 21.3 Å². The van der Waals surface area contributed by atoms with E-state index < -0.39 is 5.92 Å². The zero-order chi connectivity index (χ0) is 26.5. The van der Waals surface area contributed by atoms with Crippen LogP contribution in [0.2, 0.25) is 10.0 Å². The molecule has 1 aliphatic heterocycles. The van der Waals surface area contributed by atoms with Crippen LogP contribution in [0.5, 0.6) is 0 Å². The Morgan fingerprint density at radius 2 is 1.84 bits per heavy atom. The van der Waals surface area contributed by atoms with E-state index >= 15 is 0 Å². The number of carbonyl (C=O) groups excluding carboxylic acids is 2. The van der Waals surface area contributed by atoms with Crippen LogP contribution in [0.15, 0.2) is 82.0 Å². The molecule has 1 aliphatic rings. The Kier molecular flexibility index (Phi) is 8.19. The van der Waals surface area contributed by atoms with E-state index in [2.05, 4.69) is 27.3 Å². The van der Waals surface area contributed by atoms with Crippen molar-refractivity contribution >= 4 is 57.7 Å². The van der Waals surface area contributed by atoms with Crippen LogP contribution in [0.25, 0.3) is 0 Å². The van der Waals surface area contributed by atoms with Crippen LogP contribution in [0.3, 0.4) is 0 Å². The third kappa shape index (κ3) is 5.97. The van der Waals surface area contributed by atoms with E-state index in [1.165, 1.54) is 11.3 Å². The van der Waals surface area contributed by atoms with E-state index in [-0.39, 0.29) is 18.4 Å². The molecule has 0 aliphatic carbocycles. The van der Waals surface area contributed by atoms with Crippen LogP contribution in [-0.4, -0.2) is 18.4 Å². The van der Waals surface area contributed by atoms with Crippen molar-refractivity contribution in [3.05, 3.63) is 103 Å². The van der Waals surface area contributed by atoms with Crippen LogP contribution < -0.4 is 21.3 Å². The predicted molar refractivity (Wildman–Crippen MR) is 148 cm³/mol. The van der Waals surface area contributed by atoms with Crippen molar-refractivity contribution in [2.75, 3.05) is 17.2 Å². The second-order valence-corrected chi connectivity index (χ2v) is 9.95. The summed E-state index contributed by atoms with van der Waals surface area (Å²) in [5.41, 5.74) is 4.04. The van der Waals surface area contributed by atoms with E-state index in [1.54, 1.807) is 49.4 Å². The van der Waals surface area contributed by atoms with Gasteiger partial charge in [-0.1, -0.05) is 29.3 Å². The number of allylic oxidation sites excluding steroid dienone is 2. The average Bonchev–Trinajstić information content (AvgIpc) is 3.41. The summed E-state index contributed by atoms with van der Waals surface area (Å²) in [4.78, 5) is 26.1. The van der Waals surface area contributed by atoms with Gasteiger partial charge in [0.2, 0.25) is 5.91 Å². The van der Waals surface area contributed by atoms with Gasteiger partial charge in [0.1, 0.15) is 5.82 Å². The molecule has 37 heavy (non-hydrogen) atoms. The van der Waals surface area contributed by atoms with Crippen LogP contribution in [-0.2, 0) is 9.59 Å². The molecule has 188 valence electrons. The molecule has 0 bridgehead atoms. The van der Waals surface area contributed by atoms with Gasteiger partial charge in [0.15, 0.2) is 0 Å². The first-order valence-electron chi connectivity index (χ1n) is 11.3. The summed E-state index contributed by atoms with van der Waals surface area (Å²) in [5, 5.41) is 26.9. The van der Waals surface area contributed by atoms with Gasteiger partial charge in [-0.05, 0) is 78.2 Å². The van der Waals surface area contributed by atoms with Crippen LogP contribution in [0.1, 0.15) is 24.0 Å². The third-order valence-corrected chi connectivity index (χ3v) is 7.24. The van der Waals surface area contributed by atoms with E-state index in [9.17, 15) is 14.9 Å². The van der Waals surface area contributed by atoms with E-state index in [0.29, 0.717) is 44.1 Å². The van der Waals surface area contributed by atoms with Crippen molar-refractivity contribution in [2.45, 2.75) is 19.8 Å². The Hall–Kier alpha value is -3.77. The molecule has 10 heteroatoms. The highest BCUT2D eigenvalue weighted by atomic mass is 35.5. The highest BCUT2D eigenvalue weighted by Gasteiger charge is 2.35. The first-order chi connectivity index (χ1) is 17.8. The van der Waals surface area contributed by atoms with Gasteiger partial charge >= 0.3 is 0 Å². The number of rotatable bonds is 7. The molecule has 2 amide bonds. The van der Waals surface area contributed by atoms with Crippen molar-refractivity contribution in [3.63, 3.8) is 0 Å². The smallest absolute Gasteiger partial charge is 0.254 e. The summed E-state index contributed by atoms with van der Waals surface area (Å²) in [6.45, 7) is 3.48. The number of nitrogens with zero attached hydrogens (tertiary/aromatic N) is 1. The molecule has 0 saturated carbocycles. The Labute approximate surface area is 228 Å². The number of amides is 2. The Bertz CT molecular complexity index is 1440. The number of thiophene rings is 1. The van der Waals surface area contributed by atoms with Gasteiger partial charge in [0, 0.05) is 32.7 Å². The van der Waals surface area contributed by atoms with Crippen LogP contribution in [0.4, 0.5) is 11.4 Å². The summed E-state index contributed by atoms with van der Waals surface area (Å²) in [5.74, 6) is -0.899. The molecule has 7 nitrogen and oxygen atoms in total. The standard InChI is InChI=1S/C27H23Cl2N5O2S/c1-15-21(29)4-3-5-22(15)34-23(35)13-31-26-20(12-30)25(17-10-11-37-14-17)24(16(2)32-26)27(36)33-19-8-6-18(28)7-9-19/h3-11,14,25,31-32H,13H2,1-2H3,(H,33,36)(H,34,35). The highest BCUT2D eigenvalue weighted by Crippen LogP contribution is 2.38. The highest BCUT2D eigenvalue weighted by molar-refractivity contribution is 7.08. The quantitative estimate of drug-likeness (QED) is 0.291. The molecular weight excluding hydrogens is 529 g/mol.